The number of aliphatic hydroxyl groups is 1. The Morgan fingerprint density at radius 2 is 2.21 bits per heavy atom. The van der Waals surface area contributed by atoms with Crippen molar-refractivity contribution in [2.75, 3.05) is 0 Å². The minimum Gasteiger partial charge on any atom is -0.389 e. The summed E-state index contributed by atoms with van der Waals surface area (Å²) in [6, 6.07) is 7.80. The quantitative estimate of drug-likeness (QED) is 0.751. The highest BCUT2D eigenvalue weighted by Gasteiger charge is 2.11. The highest BCUT2D eigenvalue weighted by Crippen LogP contribution is 2.28. The van der Waals surface area contributed by atoms with Gasteiger partial charge in [0.25, 0.3) is 0 Å². The Balaban J connectivity index is 2.30. The Bertz CT molecular complexity index is 357. The van der Waals surface area contributed by atoms with Crippen molar-refractivity contribution in [1.82, 2.24) is 0 Å². The topological polar surface area (TPSA) is 20.2 Å². The minimum atomic E-state index is -0.280. The van der Waals surface area contributed by atoms with E-state index >= 15 is 0 Å². The minimum absolute atomic E-state index is 0.280. The number of rotatable bonds is 1. The molecule has 0 fully saturated rings. The summed E-state index contributed by atoms with van der Waals surface area (Å²) in [4.78, 5) is 0. The van der Waals surface area contributed by atoms with Crippen molar-refractivity contribution in [3.63, 3.8) is 0 Å². The van der Waals surface area contributed by atoms with E-state index in [4.69, 9.17) is 11.6 Å². The van der Waals surface area contributed by atoms with Gasteiger partial charge in [0.2, 0.25) is 0 Å². The third-order valence-corrected chi connectivity index (χ3v) is 2.77. The van der Waals surface area contributed by atoms with Gasteiger partial charge in [0.05, 0.1) is 6.10 Å². The van der Waals surface area contributed by atoms with Crippen molar-refractivity contribution in [3.05, 3.63) is 40.9 Å². The van der Waals surface area contributed by atoms with Crippen LogP contribution in [0.2, 0.25) is 5.02 Å². The van der Waals surface area contributed by atoms with Crippen molar-refractivity contribution >= 4 is 17.2 Å². The molecule has 1 aromatic carbocycles. The Kier molecular flexibility index (Phi) is 2.90. The molecule has 74 valence electrons. The van der Waals surface area contributed by atoms with Gasteiger partial charge in [0.1, 0.15) is 0 Å². The fourth-order valence-corrected chi connectivity index (χ4v) is 2.02. The largest absolute Gasteiger partial charge is 0.389 e. The molecular formula is C12H13ClO. The van der Waals surface area contributed by atoms with E-state index in [1.165, 1.54) is 5.57 Å². The van der Waals surface area contributed by atoms with E-state index < -0.39 is 0 Å². The van der Waals surface area contributed by atoms with Gasteiger partial charge in [0.15, 0.2) is 0 Å². The van der Waals surface area contributed by atoms with Gasteiger partial charge in [-0.2, -0.15) is 0 Å². The van der Waals surface area contributed by atoms with Gasteiger partial charge in [-0.1, -0.05) is 29.8 Å². The van der Waals surface area contributed by atoms with Crippen LogP contribution < -0.4 is 0 Å². The molecule has 0 bridgehead atoms. The molecule has 0 unspecified atom stereocenters. The third kappa shape index (κ3) is 2.17. The van der Waals surface area contributed by atoms with Gasteiger partial charge in [-0.15, -0.1) is 0 Å². The number of hydrogen-bond donors (Lipinski definition) is 1. The van der Waals surface area contributed by atoms with Crippen LogP contribution in [0.5, 0.6) is 0 Å². The highest BCUT2D eigenvalue weighted by molar-refractivity contribution is 6.30. The number of aliphatic hydroxyl groups excluding tert-OH is 1. The molecule has 0 aliphatic heterocycles. The maximum Gasteiger partial charge on any atom is 0.0726 e. The number of hydrogen-bond acceptors (Lipinski definition) is 1. The van der Waals surface area contributed by atoms with Crippen LogP contribution in [-0.2, 0) is 0 Å². The first-order valence-electron chi connectivity index (χ1n) is 4.90. The van der Waals surface area contributed by atoms with Crippen LogP contribution >= 0.6 is 11.6 Å². The smallest absolute Gasteiger partial charge is 0.0726 e. The maximum absolute atomic E-state index is 9.50. The summed E-state index contributed by atoms with van der Waals surface area (Å²) in [6.45, 7) is 0. The van der Waals surface area contributed by atoms with Gasteiger partial charge >= 0.3 is 0 Å². The number of benzene rings is 1. The van der Waals surface area contributed by atoms with Crippen molar-refractivity contribution in [2.45, 2.75) is 25.4 Å². The summed E-state index contributed by atoms with van der Waals surface area (Å²) in [6.07, 6.45) is 4.63. The van der Waals surface area contributed by atoms with Crippen molar-refractivity contribution in [1.29, 1.82) is 0 Å². The van der Waals surface area contributed by atoms with E-state index in [-0.39, 0.29) is 6.10 Å². The van der Waals surface area contributed by atoms with E-state index in [0.29, 0.717) is 0 Å². The number of allylic oxidation sites excluding steroid dienone is 1. The molecule has 1 aliphatic carbocycles. The average Bonchev–Trinajstić information content (AvgIpc) is 2.18. The average molecular weight is 209 g/mol. The first kappa shape index (κ1) is 9.75. The Labute approximate surface area is 89.0 Å². The zero-order valence-corrected chi connectivity index (χ0v) is 8.67. The molecule has 0 saturated heterocycles. The molecule has 14 heavy (non-hydrogen) atoms. The Morgan fingerprint density at radius 3 is 2.93 bits per heavy atom. The summed E-state index contributed by atoms with van der Waals surface area (Å²) in [5.41, 5.74) is 2.35. The zero-order valence-electron chi connectivity index (χ0n) is 7.91. The summed E-state index contributed by atoms with van der Waals surface area (Å²) in [7, 11) is 0. The van der Waals surface area contributed by atoms with E-state index in [2.05, 4.69) is 0 Å². The Hall–Kier alpha value is -0.790. The van der Waals surface area contributed by atoms with Crippen molar-refractivity contribution < 1.29 is 5.11 Å². The van der Waals surface area contributed by atoms with Crippen molar-refractivity contribution in [2.24, 2.45) is 0 Å². The fraction of sp³-hybridized carbons (Fsp3) is 0.333. The van der Waals surface area contributed by atoms with Gasteiger partial charge in [-0.25, -0.2) is 0 Å². The molecule has 1 aromatic rings. The number of halogens is 1. The third-order valence-electron chi connectivity index (χ3n) is 2.53. The van der Waals surface area contributed by atoms with Gasteiger partial charge < -0.3 is 5.11 Å². The maximum atomic E-state index is 9.50. The molecule has 0 saturated carbocycles. The molecule has 0 spiro atoms. The first-order valence-corrected chi connectivity index (χ1v) is 5.28. The van der Waals surface area contributed by atoms with Crippen LogP contribution in [0.1, 0.15) is 24.8 Å². The molecule has 1 aliphatic rings. The monoisotopic (exact) mass is 208 g/mol. The second-order valence-corrected chi connectivity index (χ2v) is 4.10. The van der Waals surface area contributed by atoms with Gasteiger partial charge in [-0.05, 0) is 42.5 Å². The Morgan fingerprint density at radius 1 is 1.36 bits per heavy atom. The van der Waals surface area contributed by atoms with Crippen molar-refractivity contribution in [3.8, 4) is 0 Å². The second-order valence-electron chi connectivity index (χ2n) is 3.66. The zero-order chi connectivity index (χ0) is 9.97. The summed E-state index contributed by atoms with van der Waals surface area (Å²) >= 11 is 5.91. The predicted octanol–water partition coefficient (Wildman–Crippen LogP) is 3.27. The summed E-state index contributed by atoms with van der Waals surface area (Å²) in [5.74, 6) is 0. The normalized spacial score (nSPS) is 21.9. The van der Waals surface area contributed by atoms with Crippen LogP contribution in [0, 0.1) is 0 Å². The molecule has 0 heterocycles. The lowest BCUT2D eigenvalue weighted by Crippen LogP contribution is -2.08. The fourth-order valence-electron chi connectivity index (χ4n) is 1.83. The molecule has 1 atom stereocenters. The predicted molar refractivity (Wildman–Crippen MR) is 59.3 cm³/mol. The molecule has 1 N–H and O–H groups in total. The van der Waals surface area contributed by atoms with Gasteiger partial charge in [-0.3, -0.25) is 0 Å². The SMILES string of the molecule is O[C@H]1C=C(c2cccc(Cl)c2)CCC1. The van der Waals surface area contributed by atoms with Crippen LogP contribution in [0.15, 0.2) is 30.3 Å². The standard InChI is InChI=1S/C12H13ClO/c13-11-5-1-3-9(7-11)10-4-2-6-12(14)8-10/h1,3,5,7-8,12,14H,2,4,6H2/t12-/m1/s1. The molecular weight excluding hydrogens is 196 g/mol. The van der Waals surface area contributed by atoms with Crippen LogP contribution in [0.4, 0.5) is 0 Å². The van der Waals surface area contributed by atoms with E-state index in [1.807, 2.05) is 30.3 Å². The highest BCUT2D eigenvalue weighted by atomic mass is 35.5. The van der Waals surface area contributed by atoms with E-state index in [9.17, 15) is 5.11 Å². The van der Waals surface area contributed by atoms with E-state index in [0.717, 1.165) is 29.8 Å². The van der Waals surface area contributed by atoms with Gasteiger partial charge in [0, 0.05) is 5.02 Å². The lowest BCUT2D eigenvalue weighted by molar-refractivity contribution is 0.206. The van der Waals surface area contributed by atoms with Crippen LogP contribution in [0.3, 0.4) is 0 Å². The molecule has 2 rings (SSSR count). The molecule has 0 radical (unpaired) electrons. The lowest BCUT2D eigenvalue weighted by atomic mass is 9.92. The molecule has 0 amide bonds. The molecule has 0 aromatic heterocycles. The first-order chi connectivity index (χ1) is 6.75. The summed E-state index contributed by atoms with van der Waals surface area (Å²) < 4.78 is 0. The molecule has 2 heteroatoms. The second kappa shape index (κ2) is 4.16. The molecule has 1 nitrogen and oxygen atoms in total. The summed E-state index contributed by atoms with van der Waals surface area (Å²) in [5, 5.41) is 10.3. The van der Waals surface area contributed by atoms with Crippen LogP contribution in [-0.4, -0.2) is 11.2 Å². The van der Waals surface area contributed by atoms with E-state index in [1.54, 1.807) is 0 Å². The lowest BCUT2D eigenvalue weighted by Gasteiger charge is -2.17. The van der Waals surface area contributed by atoms with Crippen LogP contribution in [0.25, 0.3) is 5.57 Å².